The Labute approximate surface area is 167 Å². The minimum atomic E-state index is -3.81. The molecule has 0 radical (unpaired) electrons. The Hall–Kier alpha value is -1.93. The minimum absolute atomic E-state index is 0.0410. The van der Waals surface area contributed by atoms with Crippen LogP contribution in [-0.4, -0.2) is 49.8 Å². The van der Waals surface area contributed by atoms with Crippen molar-refractivity contribution in [1.29, 1.82) is 0 Å². The molecule has 28 heavy (non-hydrogen) atoms. The first-order valence-electron chi connectivity index (χ1n) is 9.84. The number of esters is 1. The maximum absolute atomic E-state index is 13.0. The van der Waals surface area contributed by atoms with Gasteiger partial charge in [0.05, 0.1) is 4.90 Å². The molecular weight excluding hydrogens is 380 g/mol. The smallest absolute Gasteiger partial charge is 0.324 e. The second-order valence-electron chi connectivity index (χ2n) is 7.13. The molecule has 8 heteroatoms. The molecule has 1 saturated heterocycles. The number of carbonyl (C=O) groups excluding carboxylic acids is 2. The normalized spacial score (nSPS) is 18.1. The fraction of sp³-hybridized carbons (Fsp3) is 0.600. The van der Waals surface area contributed by atoms with Crippen LogP contribution in [0.2, 0.25) is 0 Å². The molecule has 0 aromatic heterocycles. The van der Waals surface area contributed by atoms with Crippen molar-refractivity contribution >= 4 is 21.9 Å². The summed E-state index contributed by atoms with van der Waals surface area (Å²) in [6.45, 7) is 5.68. The van der Waals surface area contributed by atoms with E-state index in [0.717, 1.165) is 24.8 Å². The van der Waals surface area contributed by atoms with Gasteiger partial charge in [-0.3, -0.25) is 9.59 Å². The summed E-state index contributed by atoms with van der Waals surface area (Å²) in [5.41, 5.74) is 0.956. The van der Waals surface area contributed by atoms with Crippen LogP contribution in [0.25, 0.3) is 0 Å². The molecule has 1 aliphatic rings. The lowest BCUT2D eigenvalue weighted by atomic mass is 10.1. The van der Waals surface area contributed by atoms with Crippen LogP contribution < -0.4 is 5.32 Å². The van der Waals surface area contributed by atoms with E-state index >= 15 is 0 Å². The van der Waals surface area contributed by atoms with Gasteiger partial charge in [-0.05, 0) is 51.2 Å². The van der Waals surface area contributed by atoms with E-state index in [1.165, 1.54) is 4.31 Å². The third kappa shape index (κ3) is 5.54. The van der Waals surface area contributed by atoms with Crippen LogP contribution in [0.15, 0.2) is 29.2 Å². The molecule has 1 aromatic carbocycles. The molecule has 1 amide bonds. The van der Waals surface area contributed by atoms with Gasteiger partial charge in [0.1, 0.15) is 6.04 Å². The average molecular weight is 411 g/mol. The largest absolute Gasteiger partial charge is 0.454 e. The van der Waals surface area contributed by atoms with Crippen LogP contribution in [0.1, 0.15) is 51.5 Å². The van der Waals surface area contributed by atoms with Gasteiger partial charge < -0.3 is 10.1 Å². The summed E-state index contributed by atoms with van der Waals surface area (Å²) in [7, 11) is -3.81. The summed E-state index contributed by atoms with van der Waals surface area (Å²) in [6.07, 6.45) is 3.39. The van der Waals surface area contributed by atoms with Gasteiger partial charge in [0.25, 0.3) is 5.91 Å². The van der Waals surface area contributed by atoms with Crippen molar-refractivity contribution in [3.63, 3.8) is 0 Å². The minimum Gasteiger partial charge on any atom is -0.454 e. The van der Waals surface area contributed by atoms with E-state index in [2.05, 4.69) is 5.32 Å². The maximum atomic E-state index is 13.0. The van der Waals surface area contributed by atoms with Crippen LogP contribution >= 0.6 is 0 Å². The highest BCUT2D eigenvalue weighted by molar-refractivity contribution is 7.89. The van der Waals surface area contributed by atoms with E-state index in [1.807, 2.05) is 20.8 Å². The highest BCUT2D eigenvalue weighted by Gasteiger charge is 2.38. The van der Waals surface area contributed by atoms with Crippen LogP contribution in [0.3, 0.4) is 0 Å². The van der Waals surface area contributed by atoms with Crippen LogP contribution in [0.5, 0.6) is 0 Å². The van der Waals surface area contributed by atoms with E-state index in [0.29, 0.717) is 12.8 Å². The molecule has 1 N–H and O–H groups in total. The predicted molar refractivity (Wildman–Crippen MR) is 106 cm³/mol. The number of sulfonamides is 1. The molecule has 1 aliphatic heterocycles. The van der Waals surface area contributed by atoms with Crippen LogP contribution in [0, 0.1) is 6.92 Å². The Morgan fingerprint density at radius 1 is 1.18 bits per heavy atom. The third-order valence-corrected chi connectivity index (χ3v) is 6.97. The van der Waals surface area contributed by atoms with Gasteiger partial charge in [-0.25, -0.2) is 8.42 Å². The van der Waals surface area contributed by atoms with Crippen LogP contribution in [0.4, 0.5) is 0 Å². The topological polar surface area (TPSA) is 92.8 Å². The molecule has 1 heterocycles. The number of nitrogens with one attached hydrogen (secondary N) is 1. The van der Waals surface area contributed by atoms with Crippen molar-refractivity contribution in [2.24, 2.45) is 0 Å². The van der Waals surface area contributed by atoms with E-state index in [1.54, 1.807) is 24.3 Å². The Balaban J connectivity index is 2.06. The number of carbonyl (C=O) groups is 2. The van der Waals surface area contributed by atoms with E-state index in [4.69, 9.17) is 4.74 Å². The first kappa shape index (κ1) is 22.4. The second kappa shape index (κ2) is 10.0. The third-order valence-electron chi connectivity index (χ3n) is 5.05. The predicted octanol–water partition coefficient (Wildman–Crippen LogP) is 2.39. The van der Waals surface area contributed by atoms with Crippen molar-refractivity contribution in [2.75, 3.05) is 13.2 Å². The molecule has 0 aliphatic carbocycles. The fourth-order valence-electron chi connectivity index (χ4n) is 3.27. The number of ether oxygens (including phenoxy) is 1. The number of hydrogen-bond acceptors (Lipinski definition) is 5. The fourth-order valence-corrected chi connectivity index (χ4v) is 4.92. The Kier molecular flexibility index (Phi) is 8.00. The first-order valence-corrected chi connectivity index (χ1v) is 11.3. The number of amides is 1. The van der Waals surface area contributed by atoms with Gasteiger partial charge in [0.15, 0.2) is 6.61 Å². The molecule has 0 spiro atoms. The van der Waals surface area contributed by atoms with Gasteiger partial charge in [0.2, 0.25) is 10.0 Å². The second-order valence-corrected chi connectivity index (χ2v) is 9.02. The molecule has 7 nitrogen and oxygen atoms in total. The van der Waals surface area contributed by atoms with Gasteiger partial charge >= 0.3 is 5.97 Å². The SMILES string of the molecule is CCC(CC)NC(=O)COC(=O)[C@@H]1CCCCN1S(=O)(=O)c1ccc(C)cc1. The first-order chi connectivity index (χ1) is 13.3. The molecule has 0 saturated carbocycles. The molecule has 1 fully saturated rings. The molecular formula is C20H30N2O5S. The van der Waals surface area contributed by atoms with Gasteiger partial charge in [-0.1, -0.05) is 31.5 Å². The van der Waals surface area contributed by atoms with Crippen molar-refractivity contribution in [3.05, 3.63) is 29.8 Å². The zero-order valence-corrected chi connectivity index (χ0v) is 17.6. The van der Waals surface area contributed by atoms with Crippen molar-refractivity contribution in [2.45, 2.75) is 69.9 Å². The van der Waals surface area contributed by atoms with Gasteiger partial charge in [-0.15, -0.1) is 0 Å². The van der Waals surface area contributed by atoms with Crippen molar-refractivity contribution in [1.82, 2.24) is 9.62 Å². The number of rotatable bonds is 8. The van der Waals surface area contributed by atoms with E-state index < -0.39 is 28.6 Å². The number of hydrogen-bond donors (Lipinski definition) is 1. The molecule has 1 atom stereocenters. The quantitative estimate of drug-likeness (QED) is 0.664. The van der Waals surface area contributed by atoms with Gasteiger partial charge in [0, 0.05) is 12.6 Å². The highest BCUT2D eigenvalue weighted by Crippen LogP contribution is 2.26. The summed E-state index contributed by atoms with van der Waals surface area (Å²) in [4.78, 5) is 24.7. The average Bonchev–Trinajstić information content (AvgIpc) is 2.70. The highest BCUT2D eigenvalue weighted by atomic mass is 32.2. The monoisotopic (exact) mass is 410 g/mol. The van der Waals surface area contributed by atoms with Crippen molar-refractivity contribution in [3.8, 4) is 0 Å². The number of piperidine rings is 1. The zero-order chi connectivity index (χ0) is 20.7. The van der Waals surface area contributed by atoms with Crippen LogP contribution in [-0.2, 0) is 24.3 Å². The standard InChI is InChI=1S/C20H30N2O5S/c1-4-16(5-2)21-19(23)14-27-20(24)18-8-6-7-13-22(18)28(25,26)17-11-9-15(3)10-12-17/h9-12,16,18H,4-8,13-14H2,1-3H3,(H,21,23)/t18-/m0/s1. The lowest BCUT2D eigenvalue weighted by Crippen LogP contribution is -2.49. The molecule has 0 bridgehead atoms. The van der Waals surface area contributed by atoms with Crippen molar-refractivity contribution < 1.29 is 22.7 Å². The summed E-state index contributed by atoms with van der Waals surface area (Å²) in [6, 6.07) is 5.69. The lowest BCUT2D eigenvalue weighted by Gasteiger charge is -2.33. The molecule has 156 valence electrons. The molecule has 0 unspecified atom stereocenters. The lowest BCUT2D eigenvalue weighted by molar-refractivity contribution is -0.153. The number of benzene rings is 1. The molecule has 1 aromatic rings. The van der Waals surface area contributed by atoms with E-state index in [-0.39, 0.29) is 23.4 Å². The Morgan fingerprint density at radius 3 is 2.43 bits per heavy atom. The number of aryl methyl sites for hydroxylation is 1. The van der Waals surface area contributed by atoms with E-state index in [9.17, 15) is 18.0 Å². The number of nitrogens with zero attached hydrogens (tertiary/aromatic N) is 1. The summed E-state index contributed by atoms with van der Waals surface area (Å²) in [5.74, 6) is -1.04. The molecule has 2 rings (SSSR count). The summed E-state index contributed by atoms with van der Waals surface area (Å²) in [5, 5.41) is 2.80. The Bertz CT molecular complexity index is 772. The summed E-state index contributed by atoms with van der Waals surface area (Å²) >= 11 is 0. The Morgan fingerprint density at radius 2 is 1.82 bits per heavy atom. The van der Waals surface area contributed by atoms with Gasteiger partial charge in [-0.2, -0.15) is 4.31 Å². The summed E-state index contributed by atoms with van der Waals surface area (Å²) < 4.78 is 32.4. The zero-order valence-electron chi connectivity index (χ0n) is 16.8. The maximum Gasteiger partial charge on any atom is 0.324 e.